The number of carbonyl (C=O) groups is 1. The molecule has 156 valence electrons. The lowest BCUT2D eigenvalue weighted by Gasteiger charge is -2.53. The summed E-state index contributed by atoms with van der Waals surface area (Å²) >= 11 is 0. The number of anilines is 1. The van der Waals surface area contributed by atoms with Crippen molar-refractivity contribution in [2.75, 3.05) is 24.6 Å². The van der Waals surface area contributed by atoms with Crippen LogP contribution in [0.25, 0.3) is 0 Å². The van der Waals surface area contributed by atoms with Gasteiger partial charge >= 0.3 is 0 Å². The number of carbonyl (C=O) groups excluding carboxylic acids is 1. The van der Waals surface area contributed by atoms with E-state index in [-0.39, 0.29) is 11.6 Å². The van der Waals surface area contributed by atoms with E-state index in [1.54, 1.807) is 19.3 Å². The standard InChI is InChI=1S/C20H27N5O4/c1-13-16(22-8-7-21-13)25-9-4-20(5-10-25)18(27)19(3,6-11-29-20)24-17(26)15-12-28-14(2)23-15/h7-8,12,18,27H,4-6,9-11H2,1-3H3,(H,24,26)/t18-,19+/m1/s1. The highest BCUT2D eigenvalue weighted by Crippen LogP contribution is 2.40. The number of ether oxygens (including phenoxy) is 1. The minimum atomic E-state index is -0.842. The van der Waals surface area contributed by atoms with Crippen molar-refractivity contribution in [3.63, 3.8) is 0 Å². The molecule has 0 bridgehead atoms. The van der Waals surface area contributed by atoms with E-state index in [9.17, 15) is 9.90 Å². The molecule has 2 aromatic heterocycles. The Balaban J connectivity index is 1.48. The van der Waals surface area contributed by atoms with Crippen LogP contribution in [0.15, 0.2) is 23.1 Å². The van der Waals surface area contributed by atoms with Crippen LogP contribution >= 0.6 is 0 Å². The van der Waals surface area contributed by atoms with Crippen molar-refractivity contribution in [2.24, 2.45) is 0 Å². The zero-order valence-corrected chi connectivity index (χ0v) is 17.0. The molecule has 9 heteroatoms. The SMILES string of the molecule is Cc1nc(C(=O)N[C@@]2(C)CCOC3(CCN(c4nccnc4C)CC3)[C@@H]2O)co1. The molecule has 9 nitrogen and oxygen atoms in total. The molecule has 2 N–H and O–H groups in total. The molecule has 2 atom stereocenters. The number of aliphatic hydroxyl groups is 1. The van der Waals surface area contributed by atoms with E-state index in [1.807, 2.05) is 13.8 Å². The van der Waals surface area contributed by atoms with Gasteiger partial charge in [0.1, 0.15) is 18.2 Å². The van der Waals surface area contributed by atoms with Gasteiger partial charge in [0.25, 0.3) is 5.91 Å². The van der Waals surface area contributed by atoms with E-state index < -0.39 is 17.2 Å². The Bertz CT molecular complexity index is 893. The summed E-state index contributed by atoms with van der Waals surface area (Å²) in [7, 11) is 0. The summed E-state index contributed by atoms with van der Waals surface area (Å²) in [6.07, 6.45) is 5.66. The second-order valence-corrected chi connectivity index (χ2v) is 8.14. The van der Waals surface area contributed by atoms with Gasteiger partial charge in [-0.3, -0.25) is 9.78 Å². The molecular formula is C20H27N5O4. The Labute approximate surface area is 169 Å². The lowest BCUT2D eigenvalue weighted by molar-refractivity contribution is -0.195. The smallest absolute Gasteiger partial charge is 0.273 e. The number of aliphatic hydroxyl groups excluding tert-OH is 1. The van der Waals surface area contributed by atoms with Gasteiger partial charge in [-0.2, -0.15) is 0 Å². The quantitative estimate of drug-likeness (QED) is 0.793. The number of hydrogen-bond donors (Lipinski definition) is 2. The number of nitrogens with zero attached hydrogens (tertiary/aromatic N) is 4. The van der Waals surface area contributed by atoms with Crippen molar-refractivity contribution in [2.45, 2.75) is 57.3 Å². The number of oxazole rings is 1. The summed E-state index contributed by atoms with van der Waals surface area (Å²) in [6, 6.07) is 0. The molecule has 2 aromatic rings. The largest absolute Gasteiger partial charge is 0.448 e. The molecule has 1 spiro atoms. The second-order valence-electron chi connectivity index (χ2n) is 8.14. The minimum Gasteiger partial charge on any atom is -0.448 e. The highest BCUT2D eigenvalue weighted by molar-refractivity contribution is 5.92. The first-order chi connectivity index (χ1) is 13.8. The van der Waals surface area contributed by atoms with Gasteiger partial charge in [0.2, 0.25) is 0 Å². The molecule has 1 amide bonds. The Kier molecular flexibility index (Phi) is 5.04. The predicted octanol–water partition coefficient (Wildman–Crippen LogP) is 1.39. The highest BCUT2D eigenvalue weighted by atomic mass is 16.5. The summed E-state index contributed by atoms with van der Waals surface area (Å²) in [6.45, 7) is 7.36. The van der Waals surface area contributed by atoms with Crippen molar-refractivity contribution < 1.29 is 19.1 Å². The second kappa shape index (κ2) is 7.38. The van der Waals surface area contributed by atoms with Crippen molar-refractivity contribution in [1.29, 1.82) is 0 Å². The number of piperidine rings is 1. The van der Waals surface area contributed by atoms with Crippen molar-refractivity contribution >= 4 is 11.7 Å². The Morgan fingerprint density at radius 3 is 2.62 bits per heavy atom. The molecule has 2 saturated heterocycles. The van der Waals surface area contributed by atoms with Gasteiger partial charge in [0, 0.05) is 39.0 Å². The predicted molar refractivity (Wildman–Crippen MR) is 105 cm³/mol. The van der Waals surface area contributed by atoms with Crippen molar-refractivity contribution in [3.05, 3.63) is 35.9 Å². The number of amides is 1. The molecule has 0 unspecified atom stereocenters. The molecule has 0 radical (unpaired) electrons. The summed E-state index contributed by atoms with van der Waals surface area (Å²) in [5.41, 5.74) is -0.419. The van der Waals surface area contributed by atoms with Crippen LogP contribution in [-0.4, -0.2) is 62.9 Å². The summed E-state index contributed by atoms with van der Waals surface area (Å²) in [5, 5.41) is 14.3. The van der Waals surface area contributed by atoms with E-state index >= 15 is 0 Å². The molecule has 2 fully saturated rings. The lowest BCUT2D eigenvalue weighted by atomic mass is 9.73. The monoisotopic (exact) mass is 401 g/mol. The highest BCUT2D eigenvalue weighted by Gasteiger charge is 2.54. The molecular weight excluding hydrogens is 374 g/mol. The fourth-order valence-corrected chi connectivity index (χ4v) is 4.41. The average Bonchev–Trinajstić information content (AvgIpc) is 3.14. The van der Waals surface area contributed by atoms with Crippen LogP contribution in [0.1, 0.15) is 48.3 Å². The third kappa shape index (κ3) is 3.60. The van der Waals surface area contributed by atoms with Gasteiger partial charge < -0.3 is 24.5 Å². The number of nitrogens with one attached hydrogen (secondary N) is 1. The Morgan fingerprint density at radius 1 is 1.24 bits per heavy atom. The minimum absolute atomic E-state index is 0.212. The molecule has 0 saturated carbocycles. The van der Waals surface area contributed by atoms with Gasteiger partial charge in [0.15, 0.2) is 11.6 Å². The van der Waals surface area contributed by atoms with Crippen LogP contribution in [0.2, 0.25) is 0 Å². The van der Waals surface area contributed by atoms with E-state index in [0.717, 1.165) is 11.5 Å². The zero-order chi connectivity index (χ0) is 20.6. The van der Waals surface area contributed by atoms with Gasteiger partial charge in [-0.1, -0.05) is 0 Å². The first kappa shape index (κ1) is 19.8. The summed E-state index contributed by atoms with van der Waals surface area (Å²) < 4.78 is 11.3. The Hall–Kier alpha value is -2.52. The van der Waals surface area contributed by atoms with Gasteiger partial charge in [-0.15, -0.1) is 0 Å². The lowest BCUT2D eigenvalue weighted by Crippen LogP contribution is -2.69. The maximum absolute atomic E-state index is 12.6. The number of rotatable bonds is 3. The molecule has 29 heavy (non-hydrogen) atoms. The Morgan fingerprint density at radius 2 is 1.97 bits per heavy atom. The summed E-state index contributed by atoms with van der Waals surface area (Å²) in [5.74, 6) is 0.939. The molecule has 2 aliphatic rings. The summed E-state index contributed by atoms with van der Waals surface area (Å²) in [4.78, 5) is 27.6. The van der Waals surface area contributed by atoms with Crippen LogP contribution in [0.4, 0.5) is 5.82 Å². The first-order valence-corrected chi connectivity index (χ1v) is 9.92. The topological polar surface area (TPSA) is 114 Å². The molecule has 4 rings (SSSR count). The fourth-order valence-electron chi connectivity index (χ4n) is 4.41. The van der Waals surface area contributed by atoms with Gasteiger partial charge in [-0.25, -0.2) is 9.97 Å². The van der Waals surface area contributed by atoms with Gasteiger partial charge in [-0.05, 0) is 33.1 Å². The average molecular weight is 401 g/mol. The van der Waals surface area contributed by atoms with E-state index in [0.29, 0.717) is 44.8 Å². The maximum Gasteiger partial charge on any atom is 0.273 e. The van der Waals surface area contributed by atoms with Crippen molar-refractivity contribution in [3.8, 4) is 0 Å². The normalized spacial score (nSPS) is 26.5. The van der Waals surface area contributed by atoms with E-state index in [4.69, 9.17) is 9.15 Å². The van der Waals surface area contributed by atoms with Crippen LogP contribution in [0.5, 0.6) is 0 Å². The van der Waals surface area contributed by atoms with Crippen LogP contribution in [-0.2, 0) is 4.74 Å². The van der Waals surface area contributed by atoms with E-state index in [1.165, 1.54) is 6.26 Å². The number of aromatic nitrogens is 3. The maximum atomic E-state index is 12.6. The van der Waals surface area contributed by atoms with Crippen molar-refractivity contribution in [1.82, 2.24) is 20.3 Å². The van der Waals surface area contributed by atoms with Crippen LogP contribution in [0, 0.1) is 13.8 Å². The molecule has 0 aliphatic carbocycles. The first-order valence-electron chi connectivity index (χ1n) is 9.92. The fraction of sp³-hybridized carbons (Fsp3) is 0.600. The molecule has 4 heterocycles. The van der Waals surface area contributed by atoms with Crippen LogP contribution < -0.4 is 10.2 Å². The van der Waals surface area contributed by atoms with Crippen LogP contribution in [0.3, 0.4) is 0 Å². The van der Waals surface area contributed by atoms with Gasteiger partial charge in [0.05, 0.1) is 16.8 Å². The number of aryl methyl sites for hydroxylation is 2. The third-order valence-electron chi connectivity index (χ3n) is 6.13. The zero-order valence-electron chi connectivity index (χ0n) is 17.0. The molecule has 0 aromatic carbocycles. The molecule has 2 aliphatic heterocycles. The number of hydrogen-bond acceptors (Lipinski definition) is 8. The van der Waals surface area contributed by atoms with E-state index in [2.05, 4.69) is 25.2 Å². The third-order valence-corrected chi connectivity index (χ3v) is 6.13.